The molecular formula is C23H25BrFNO5S. The number of piperidine rings is 1. The predicted octanol–water partition coefficient (Wildman–Crippen LogP) is 4.91. The Morgan fingerprint density at radius 3 is 2.56 bits per heavy atom. The van der Waals surface area contributed by atoms with Gasteiger partial charge in [0.15, 0.2) is 9.84 Å². The number of ether oxygens (including phenoxy) is 2. The number of carbonyl (C=O) groups excluding carboxylic acids is 1. The molecule has 2 aromatic rings. The number of sulfone groups is 1. The van der Waals surface area contributed by atoms with E-state index in [4.69, 9.17) is 9.47 Å². The van der Waals surface area contributed by atoms with Gasteiger partial charge in [0.05, 0.1) is 11.5 Å². The lowest BCUT2D eigenvalue weighted by atomic mass is 9.78. The Labute approximate surface area is 195 Å². The normalized spacial score (nSPS) is 23.0. The molecule has 4 rings (SSSR count). The zero-order valence-corrected chi connectivity index (χ0v) is 20.5. The van der Waals surface area contributed by atoms with Crippen LogP contribution in [0.15, 0.2) is 51.8 Å². The molecule has 6 nitrogen and oxygen atoms in total. The zero-order valence-electron chi connectivity index (χ0n) is 18.1. The van der Waals surface area contributed by atoms with Crippen molar-refractivity contribution in [2.24, 2.45) is 5.92 Å². The van der Waals surface area contributed by atoms with Gasteiger partial charge in [-0.15, -0.1) is 0 Å². The Morgan fingerprint density at radius 1 is 1.22 bits per heavy atom. The molecule has 0 aliphatic carbocycles. The van der Waals surface area contributed by atoms with Crippen LogP contribution in [0.5, 0.6) is 5.75 Å². The maximum atomic E-state index is 14.1. The van der Waals surface area contributed by atoms with Gasteiger partial charge in [0, 0.05) is 29.0 Å². The molecule has 0 aromatic heterocycles. The fourth-order valence-corrected chi connectivity index (χ4v) is 7.18. The van der Waals surface area contributed by atoms with Crippen LogP contribution < -0.4 is 4.74 Å². The lowest BCUT2D eigenvalue weighted by molar-refractivity contribution is 0.00476. The maximum Gasteiger partial charge on any atom is 0.410 e. The average molecular weight is 526 g/mol. The maximum absolute atomic E-state index is 14.1. The second kappa shape index (κ2) is 8.02. The quantitative estimate of drug-likeness (QED) is 0.521. The molecule has 1 amide bonds. The number of benzene rings is 2. The third-order valence-electron chi connectivity index (χ3n) is 5.95. The van der Waals surface area contributed by atoms with Gasteiger partial charge in [-0.3, -0.25) is 0 Å². The van der Waals surface area contributed by atoms with E-state index in [0.29, 0.717) is 11.3 Å². The number of rotatable bonds is 2. The van der Waals surface area contributed by atoms with E-state index < -0.39 is 38.0 Å². The summed E-state index contributed by atoms with van der Waals surface area (Å²) < 4.78 is 52.6. The number of carbonyl (C=O) groups is 1. The van der Waals surface area contributed by atoms with Crippen molar-refractivity contribution in [1.29, 1.82) is 0 Å². The number of fused-ring (bicyclic) bond motifs is 3. The summed E-state index contributed by atoms with van der Waals surface area (Å²) in [6.45, 7) is 5.87. The molecule has 172 valence electrons. The summed E-state index contributed by atoms with van der Waals surface area (Å²) in [6.07, 6.45) is -0.305. The van der Waals surface area contributed by atoms with E-state index in [1.165, 1.54) is 12.1 Å². The topological polar surface area (TPSA) is 72.9 Å². The van der Waals surface area contributed by atoms with Crippen molar-refractivity contribution in [3.63, 3.8) is 0 Å². The molecule has 0 N–H and O–H groups in total. The standard InChI is InChI=1S/C23H25BrFNO5S/c1-22(2,3)31-21(27)26-11-10-23(32(28,29)18-7-5-17(25)6-8-18)15(13-26)14-30-20-12-16(24)4-9-19(20)23/h4-9,12,15H,10-11,13-14H2,1-3H3. The van der Waals surface area contributed by atoms with E-state index in [1.807, 2.05) is 0 Å². The largest absolute Gasteiger partial charge is 0.493 e. The molecule has 32 heavy (non-hydrogen) atoms. The van der Waals surface area contributed by atoms with Crippen LogP contribution in [0.25, 0.3) is 0 Å². The third-order valence-corrected chi connectivity index (χ3v) is 9.05. The summed E-state index contributed by atoms with van der Waals surface area (Å²) in [5.41, 5.74) is -0.0987. The molecule has 2 heterocycles. The van der Waals surface area contributed by atoms with Crippen LogP contribution >= 0.6 is 15.9 Å². The summed E-state index contributed by atoms with van der Waals surface area (Å²) in [4.78, 5) is 14.3. The highest BCUT2D eigenvalue weighted by Crippen LogP contribution is 2.53. The lowest BCUT2D eigenvalue weighted by Crippen LogP contribution is -2.59. The van der Waals surface area contributed by atoms with Crippen molar-refractivity contribution in [3.8, 4) is 5.75 Å². The number of amides is 1. The van der Waals surface area contributed by atoms with Crippen LogP contribution in [0.4, 0.5) is 9.18 Å². The highest BCUT2D eigenvalue weighted by Gasteiger charge is 2.58. The number of halogens is 2. The fourth-order valence-electron chi connectivity index (χ4n) is 4.52. The van der Waals surface area contributed by atoms with Crippen LogP contribution in [0, 0.1) is 11.7 Å². The minimum absolute atomic E-state index is 0.0467. The number of hydrogen-bond acceptors (Lipinski definition) is 5. The molecule has 0 saturated carbocycles. The SMILES string of the molecule is CC(C)(C)OC(=O)N1CCC2(S(=O)(=O)c3ccc(F)cc3)c3ccc(Br)cc3OCC2C1. The van der Waals surface area contributed by atoms with E-state index >= 15 is 0 Å². The Kier molecular flexibility index (Phi) is 5.78. The first-order valence-electron chi connectivity index (χ1n) is 10.3. The molecule has 0 bridgehead atoms. The lowest BCUT2D eigenvalue weighted by Gasteiger charge is -2.49. The smallest absolute Gasteiger partial charge is 0.410 e. The molecule has 1 fully saturated rings. The highest BCUT2D eigenvalue weighted by atomic mass is 79.9. The first-order chi connectivity index (χ1) is 14.9. The number of nitrogens with zero attached hydrogens (tertiary/aromatic N) is 1. The first-order valence-corrected chi connectivity index (χ1v) is 12.6. The van der Waals surface area contributed by atoms with Gasteiger partial charge in [0.2, 0.25) is 0 Å². The van der Waals surface area contributed by atoms with Gasteiger partial charge >= 0.3 is 6.09 Å². The minimum Gasteiger partial charge on any atom is -0.493 e. The molecule has 1 saturated heterocycles. The number of likely N-dealkylation sites (tertiary alicyclic amines) is 1. The van der Waals surface area contributed by atoms with Crippen molar-refractivity contribution in [2.45, 2.75) is 42.4 Å². The molecular weight excluding hydrogens is 501 g/mol. The summed E-state index contributed by atoms with van der Waals surface area (Å²) in [6, 6.07) is 10.2. The van der Waals surface area contributed by atoms with Crippen molar-refractivity contribution >= 4 is 31.9 Å². The first kappa shape index (κ1) is 23.0. The Hall–Kier alpha value is -2.13. The molecule has 0 radical (unpaired) electrons. The molecule has 2 aliphatic rings. The van der Waals surface area contributed by atoms with Crippen molar-refractivity contribution in [3.05, 3.63) is 58.3 Å². The fraction of sp³-hybridized carbons (Fsp3) is 0.435. The van der Waals surface area contributed by atoms with Crippen molar-refractivity contribution < 1.29 is 27.1 Å². The highest BCUT2D eigenvalue weighted by molar-refractivity contribution is 9.10. The Bertz CT molecular complexity index is 1150. The van der Waals surface area contributed by atoms with Gasteiger partial charge in [0.1, 0.15) is 21.9 Å². The van der Waals surface area contributed by atoms with Gasteiger partial charge in [-0.1, -0.05) is 22.0 Å². The van der Waals surface area contributed by atoms with Crippen LogP contribution in [-0.2, 0) is 19.3 Å². The second-order valence-electron chi connectivity index (χ2n) is 9.17. The van der Waals surface area contributed by atoms with Gasteiger partial charge < -0.3 is 14.4 Å². The molecule has 9 heteroatoms. The molecule has 2 atom stereocenters. The molecule has 2 aliphatic heterocycles. The van der Waals surface area contributed by atoms with Crippen LogP contribution in [0.3, 0.4) is 0 Å². The van der Waals surface area contributed by atoms with Gasteiger partial charge in [-0.25, -0.2) is 17.6 Å². The monoisotopic (exact) mass is 525 g/mol. The summed E-state index contributed by atoms with van der Waals surface area (Å²) >= 11 is 3.42. The zero-order chi connectivity index (χ0) is 23.3. The molecule has 2 unspecified atom stereocenters. The number of hydrogen-bond donors (Lipinski definition) is 0. The predicted molar refractivity (Wildman–Crippen MR) is 121 cm³/mol. The van der Waals surface area contributed by atoms with Gasteiger partial charge in [-0.2, -0.15) is 0 Å². The summed E-state index contributed by atoms with van der Waals surface area (Å²) in [5, 5.41) is 0. The molecule has 0 spiro atoms. The summed E-state index contributed by atoms with van der Waals surface area (Å²) in [7, 11) is -3.95. The van der Waals surface area contributed by atoms with Crippen LogP contribution in [-0.4, -0.2) is 44.7 Å². The second-order valence-corrected chi connectivity index (χ2v) is 12.3. The van der Waals surface area contributed by atoms with E-state index in [2.05, 4.69) is 15.9 Å². The van der Waals surface area contributed by atoms with Gasteiger partial charge in [-0.05, 0) is 63.6 Å². The van der Waals surface area contributed by atoms with E-state index in [9.17, 15) is 17.6 Å². The van der Waals surface area contributed by atoms with Gasteiger partial charge in [0.25, 0.3) is 0 Å². The van der Waals surface area contributed by atoms with E-state index in [0.717, 1.165) is 16.6 Å². The van der Waals surface area contributed by atoms with Crippen LogP contribution in [0.2, 0.25) is 0 Å². The molecule has 2 aromatic carbocycles. The van der Waals surface area contributed by atoms with E-state index in [-0.39, 0.29) is 31.0 Å². The average Bonchev–Trinajstić information content (AvgIpc) is 2.71. The van der Waals surface area contributed by atoms with Crippen molar-refractivity contribution in [2.75, 3.05) is 19.7 Å². The third kappa shape index (κ3) is 3.90. The Balaban J connectivity index is 1.81. The minimum atomic E-state index is -3.95. The summed E-state index contributed by atoms with van der Waals surface area (Å²) in [5.74, 6) is -0.534. The Morgan fingerprint density at radius 2 is 1.91 bits per heavy atom. The van der Waals surface area contributed by atoms with Crippen molar-refractivity contribution in [1.82, 2.24) is 4.90 Å². The van der Waals surface area contributed by atoms with Crippen LogP contribution in [0.1, 0.15) is 32.8 Å². The van der Waals surface area contributed by atoms with E-state index in [1.54, 1.807) is 43.9 Å².